The summed E-state index contributed by atoms with van der Waals surface area (Å²) in [5, 5.41) is 3.48. The van der Waals surface area contributed by atoms with E-state index in [4.69, 9.17) is 4.74 Å². The summed E-state index contributed by atoms with van der Waals surface area (Å²) in [6.07, 6.45) is 6.93. The summed E-state index contributed by atoms with van der Waals surface area (Å²) in [5.74, 6) is 0.671. The molecule has 4 heteroatoms. The Morgan fingerprint density at radius 3 is 2.67 bits per heavy atom. The first-order valence-corrected chi connectivity index (χ1v) is 8.56. The van der Waals surface area contributed by atoms with Crippen molar-refractivity contribution in [3.63, 3.8) is 0 Å². The summed E-state index contributed by atoms with van der Waals surface area (Å²) in [5.41, 5.74) is -0.513. The van der Waals surface area contributed by atoms with Crippen LogP contribution < -0.4 is 5.32 Å². The van der Waals surface area contributed by atoms with Gasteiger partial charge in [-0.15, -0.1) is 0 Å². The van der Waals surface area contributed by atoms with Crippen molar-refractivity contribution in [3.05, 3.63) is 0 Å². The number of esters is 1. The Hall–Kier alpha value is -0.610. The molecule has 1 aliphatic heterocycles. The number of piperidine rings is 1. The van der Waals surface area contributed by atoms with E-state index in [9.17, 15) is 4.79 Å². The number of nitrogens with zero attached hydrogens (tertiary/aromatic N) is 1. The molecule has 4 nitrogen and oxygen atoms in total. The minimum Gasteiger partial charge on any atom is -0.468 e. The van der Waals surface area contributed by atoms with Crippen LogP contribution in [0.25, 0.3) is 0 Å². The van der Waals surface area contributed by atoms with Gasteiger partial charge < -0.3 is 9.64 Å². The molecule has 1 saturated heterocycles. The van der Waals surface area contributed by atoms with Crippen LogP contribution in [0.4, 0.5) is 0 Å². The van der Waals surface area contributed by atoms with Crippen LogP contribution >= 0.6 is 0 Å². The van der Waals surface area contributed by atoms with Crippen LogP contribution in [0.15, 0.2) is 0 Å². The molecule has 0 bridgehead atoms. The zero-order valence-corrected chi connectivity index (χ0v) is 14.2. The van der Waals surface area contributed by atoms with Crippen molar-refractivity contribution in [2.24, 2.45) is 5.92 Å². The molecule has 1 heterocycles. The number of carbonyl (C=O) groups is 1. The Morgan fingerprint density at radius 2 is 2.05 bits per heavy atom. The predicted molar refractivity (Wildman–Crippen MR) is 85.2 cm³/mol. The van der Waals surface area contributed by atoms with Gasteiger partial charge in [0.15, 0.2) is 0 Å². The van der Waals surface area contributed by atoms with E-state index in [0.29, 0.717) is 12.1 Å². The third kappa shape index (κ3) is 4.43. The summed E-state index contributed by atoms with van der Waals surface area (Å²) in [6, 6.07) is 1.18. The average molecular weight is 296 g/mol. The molecular formula is C17H32N2O2. The number of nitrogens with one attached hydrogen (secondary N) is 1. The van der Waals surface area contributed by atoms with Crippen LogP contribution in [-0.4, -0.2) is 48.7 Å². The third-order valence-electron chi connectivity index (χ3n) is 5.36. The zero-order valence-electron chi connectivity index (χ0n) is 14.2. The number of ether oxygens (including phenoxy) is 1. The van der Waals surface area contributed by atoms with Gasteiger partial charge in [0.05, 0.1) is 7.11 Å². The van der Waals surface area contributed by atoms with Crippen LogP contribution in [0, 0.1) is 5.92 Å². The fourth-order valence-corrected chi connectivity index (χ4v) is 3.51. The molecule has 3 unspecified atom stereocenters. The second kappa shape index (κ2) is 7.10. The SMILES string of the molecule is COC(=O)C(C)(CCCN1CCCC(C)C1C)NC1CC1. The number of methoxy groups -OCH3 is 1. The molecule has 0 aromatic rings. The van der Waals surface area contributed by atoms with Gasteiger partial charge in [-0.25, -0.2) is 0 Å². The van der Waals surface area contributed by atoms with Crippen molar-refractivity contribution in [1.29, 1.82) is 0 Å². The van der Waals surface area contributed by atoms with Gasteiger partial charge in [0, 0.05) is 12.1 Å². The van der Waals surface area contributed by atoms with E-state index >= 15 is 0 Å². The Kier molecular flexibility index (Phi) is 5.67. The van der Waals surface area contributed by atoms with E-state index in [1.54, 1.807) is 0 Å². The molecule has 1 aliphatic carbocycles. The second-order valence-electron chi connectivity index (χ2n) is 7.24. The number of carbonyl (C=O) groups excluding carboxylic acids is 1. The van der Waals surface area contributed by atoms with E-state index in [0.717, 1.165) is 25.3 Å². The van der Waals surface area contributed by atoms with E-state index in [1.165, 1.54) is 39.3 Å². The van der Waals surface area contributed by atoms with Gasteiger partial charge in [-0.1, -0.05) is 6.92 Å². The maximum absolute atomic E-state index is 12.1. The molecule has 0 spiro atoms. The fraction of sp³-hybridized carbons (Fsp3) is 0.941. The van der Waals surface area contributed by atoms with Crippen molar-refractivity contribution in [1.82, 2.24) is 10.2 Å². The van der Waals surface area contributed by atoms with Gasteiger partial charge in [-0.05, 0) is 71.4 Å². The van der Waals surface area contributed by atoms with Gasteiger partial charge >= 0.3 is 5.97 Å². The van der Waals surface area contributed by atoms with Crippen LogP contribution in [0.2, 0.25) is 0 Å². The van der Waals surface area contributed by atoms with Gasteiger partial charge in [0.1, 0.15) is 5.54 Å². The third-order valence-corrected chi connectivity index (χ3v) is 5.36. The van der Waals surface area contributed by atoms with Crippen molar-refractivity contribution < 1.29 is 9.53 Å². The van der Waals surface area contributed by atoms with Crippen LogP contribution in [-0.2, 0) is 9.53 Å². The molecular weight excluding hydrogens is 264 g/mol. The molecule has 122 valence electrons. The maximum Gasteiger partial charge on any atom is 0.325 e. The minimum atomic E-state index is -0.513. The first-order chi connectivity index (χ1) is 9.96. The molecule has 0 aromatic heterocycles. The first kappa shape index (κ1) is 16.8. The largest absolute Gasteiger partial charge is 0.468 e. The molecule has 0 radical (unpaired) electrons. The van der Waals surface area contributed by atoms with E-state index in [2.05, 4.69) is 24.1 Å². The monoisotopic (exact) mass is 296 g/mol. The quantitative estimate of drug-likeness (QED) is 0.733. The van der Waals surface area contributed by atoms with Crippen LogP contribution in [0.1, 0.15) is 59.3 Å². The number of rotatable bonds is 7. The second-order valence-corrected chi connectivity index (χ2v) is 7.24. The lowest BCUT2D eigenvalue weighted by Gasteiger charge is -2.38. The molecule has 21 heavy (non-hydrogen) atoms. The zero-order chi connectivity index (χ0) is 15.5. The Morgan fingerprint density at radius 1 is 1.33 bits per heavy atom. The highest BCUT2D eigenvalue weighted by atomic mass is 16.5. The normalized spacial score (nSPS) is 29.9. The first-order valence-electron chi connectivity index (χ1n) is 8.56. The molecule has 2 rings (SSSR count). The van der Waals surface area contributed by atoms with Gasteiger partial charge in [0.25, 0.3) is 0 Å². The highest BCUT2D eigenvalue weighted by Crippen LogP contribution is 2.27. The smallest absolute Gasteiger partial charge is 0.325 e. The van der Waals surface area contributed by atoms with Crippen LogP contribution in [0.3, 0.4) is 0 Å². The number of likely N-dealkylation sites (tertiary alicyclic amines) is 1. The summed E-state index contributed by atoms with van der Waals surface area (Å²) >= 11 is 0. The predicted octanol–water partition coefficient (Wildman–Crippen LogP) is 2.57. The van der Waals surface area contributed by atoms with Crippen molar-refractivity contribution in [2.75, 3.05) is 20.2 Å². The summed E-state index contributed by atoms with van der Waals surface area (Å²) < 4.78 is 5.01. The molecule has 1 saturated carbocycles. The van der Waals surface area contributed by atoms with Crippen molar-refractivity contribution in [3.8, 4) is 0 Å². The fourth-order valence-electron chi connectivity index (χ4n) is 3.51. The van der Waals surface area contributed by atoms with Gasteiger partial charge in [-0.3, -0.25) is 10.1 Å². The average Bonchev–Trinajstić information content (AvgIpc) is 3.26. The van der Waals surface area contributed by atoms with Gasteiger partial charge in [-0.2, -0.15) is 0 Å². The van der Waals surface area contributed by atoms with Gasteiger partial charge in [0.2, 0.25) is 0 Å². The highest BCUT2D eigenvalue weighted by Gasteiger charge is 2.39. The maximum atomic E-state index is 12.1. The summed E-state index contributed by atoms with van der Waals surface area (Å²) in [6.45, 7) is 8.98. The lowest BCUT2D eigenvalue weighted by atomic mass is 9.91. The Labute approximate surface area is 129 Å². The summed E-state index contributed by atoms with van der Waals surface area (Å²) in [7, 11) is 1.49. The molecule has 0 aromatic carbocycles. The van der Waals surface area contributed by atoms with E-state index < -0.39 is 5.54 Å². The topological polar surface area (TPSA) is 41.6 Å². The number of hydrogen-bond acceptors (Lipinski definition) is 4. The lowest BCUT2D eigenvalue weighted by molar-refractivity contribution is -0.148. The molecule has 1 N–H and O–H groups in total. The standard InChI is InChI=1S/C17H32N2O2/c1-13-7-5-11-19(14(13)2)12-6-10-17(3,16(20)21-4)18-15-8-9-15/h13-15,18H,5-12H2,1-4H3. The highest BCUT2D eigenvalue weighted by molar-refractivity contribution is 5.80. The molecule has 3 atom stereocenters. The Balaban J connectivity index is 1.82. The van der Waals surface area contributed by atoms with Crippen molar-refractivity contribution >= 4 is 5.97 Å². The van der Waals surface area contributed by atoms with Crippen molar-refractivity contribution in [2.45, 2.75) is 76.9 Å². The molecule has 0 amide bonds. The van der Waals surface area contributed by atoms with E-state index in [1.807, 2.05) is 6.92 Å². The number of hydrogen-bond donors (Lipinski definition) is 1. The lowest BCUT2D eigenvalue weighted by Crippen LogP contribution is -2.52. The molecule has 2 fully saturated rings. The minimum absolute atomic E-state index is 0.116. The molecule has 2 aliphatic rings. The van der Waals surface area contributed by atoms with Crippen LogP contribution in [0.5, 0.6) is 0 Å². The Bertz CT molecular complexity index is 357. The van der Waals surface area contributed by atoms with E-state index in [-0.39, 0.29) is 5.97 Å². The summed E-state index contributed by atoms with van der Waals surface area (Å²) in [4.78, 5) is 14.7.